The summed E-state index contributed by atoms with van der Waals surface area (Å²) < 4.78 is 0. The average Bonchev–Trinajstić information content (AvgIpc) is 2.53. The van der Waals surface area contributed by atoms with E-state index in [0.29, 0.717) is 6.04 Å². The van der Waals surface area contributed by atoms with Crippen LogP contribution in [0.4, 0.5) is 0 Å². The zero-order chi connectivity index (χ0) is 14.7. The summed E-state index contributed by atoms with van der Waals surface area (Å²) in [5, 5.41) is 6.10. The molecule has 0 amide bonds. The summed E-state index contributed by atoms with van der Waals surface area (Å²) in [6.07, 6.45) is 3.78. The Kier molecular flexibility index (Phi) is 3.98. The molecule has 1 N–H and O–H groups in total. The van der Waals surface area contributed by atoms with Gasteiger partial charge in [0.25, 0.3) is 0 Å². The lowest BCUT2D eigenvalue weighted by Crippen LogP contribution is -2.19. The lowest BCUT2D eigenvalue weighted by molar-refractivity contribution is 0.574. The first-order valence-electron chi connectivity index (χ1n) is 7.36. The van der Waals surface area contributed by atoms with Crippen LogP contribution in [0.3, 0.4) is 0 Å². The molecule has 0 spiro atoms. The number of pyridine rings is 1. The lowest BCUT2D eigenvalue weighted by atomic mass is 10.0. The molecule has 1 aromatic heterocycles. The van der Waals surface area contributed by atoms with E-state index < -0.39 is 0 Å². The van der Waals surface area contributed by atoms with E-state index in [-0.39, 0.29) is 0 Å². The van der Waals surface area contributed by atoms with Crippen molar-refractivity contribution in [2.75, 3.05) is 0 Å². The van der Waals surface area contributed by atoms with Gasteiger partial charge in [0.15, 0.2) is 0 Å². The quantitative estimate of drug-likeness (QED) is 0.764. The van der Waals surface area contributed by atoms with Gasteiger partial charge >= 0.3 is 0 Å². The van der Waals surface area contributed by atoms with E-state index in [9.17, 15) is 0 Å². The van der Waals surface area contributed by atoms with Gasteiger partial charge in [0.05, 0.1) is 0 Å². The number of benzene rings is 2. The molecule has 2 heteroatoms. The van der Waals surface area contributed by atoms with Crippen molar-refractivity contribution < 1.29 is 0 Å². The number of nitrogens with zero attached hydrogens (tertiary/aromatic N) is 1. The molecule has 106 valence electrons. The van der Waals surface area contributed by atoms with Crippen molar-refractivity contribution in [1.82, 2.24) is 10.3 Å². The molecule has 0 aliphatic rings. The number of hydrogen-bond acceptors (Lipinski definition) is 2. The predicted molar refractivity (Wildman–Crippen MR) is 88.2 cm³/mol. The molecule has 0 fully saturated rings. The Morgan fingerprint density at radius 3 is 2.76 bits per heavy atom. The van der Waals surface area contributed by atoms with Crippen LogP contribution in [-0.4, -0.2) is 4.98 Å². The molecule has 2 aromatic carbocycles. The molecule has 1 unspecified atom stereocenters. The van der Waals surface area contributed by atoms with Crippen molar-refractivity contribution in [3.8, 4) is 0 Å². The highest BCUT2D eigenvalue weighted by molar-refractivity contribution is 5.84. The SMILES string of the molecule is Cc1ccccc1C(C)NCc1cccc2cnccc12. The Morgan fingerprint density at radius 1 is 1.05 bits per heavy atom. The number of nitrogens with one attached hydrogen (secondary N) is 1. The van der Waals surface area contributed by atoms with E-state index in [1.165, 1.54) is 27.5 Å². The molecule has 21 heavy (non-hydrogen) atoms. The molecule has 0 saturated carbocycles. The van der Waals surface area contributed by atoms with Crippen LogP contribution in [0.25, 0.3) is 10.8 Å². The minimum Gasteiger partial charge on any atom is -0.306 e. The van der Waals surface area contributed by atoms with Gasteiger partial charge in [-0.2, -0.15) is 0 Å². The zero-order valence-electron chi connectivity index (χ0n) is 12.5. The molecule has 0 bridgehead atoms. The third-order valence-electron chi connectivity index (χ3n) is 4.02. The molecule has 0 saturated heterocycles. The summed E-state index contributed by atoms with van der Waals surface area (Å²) in [5.74, 6) is 0. The van der Waals surface area contributed by atoms with Gasteiger partial charge in [-0.05, 0) is 42.0 Å². The van der Waals surface area contributed by atoms with Crippen molar-refractivity contribution in [2.45, 2.75) is 26.4 Å². The van der Waals surface area contributed by atoms with E-state index in [2.05, 4.69) is 72.7 Å². The molecule has 3 aromatic rings. The maximum atomic E-state index is 4.19. The minimum absolute atomic E-state index is 0.336. The standard InChI is InChI=1S/C19H20N2/c1-14-6-3-4-9-18(14)15(2)21-13-17-8-5-7-16-12-20-11-10-19(16)17/h3-12,15,21H,13H2,1-2H3. The Balaban J connectivity index is 1.79. The molecule has 1 heterocycles. The highest BCUT2D eigenvalue weighted by Crippen LogP contribution is 2.20. The second-order valence-corrected chi connectivity index (χ2v) is 5.47. The molecule has 2 nitrogen and oxygen atoms in total. The molecule has 0 aliphatic heterocycles. The van der Waals surface area contributed by atoms with Crippen LogP contribution in [0, 0.1) is 6.92 Å². The second kappa shape index (κ2) is 6.06. The summed E-state index contributed by atoms with van der Waals surface area (Å²) >= 11 is 0. The summed E-state index contributed by atoms with van der Waals surface area (Å²) in [6, 6.07) is 17.4. The van der Waals surface area contributed by atoms with E-state index in [4.69, 9.17) is 0 Å². The van der Waals surface area contributed by atoms with Crippen LogP contribution in [0.5, 0.6) is 0 Å². The molecular formula is C19H20N2. The zero-order valence-corrected chi connectivity index (χ0v) is 12.5. The Bertz CT molecular complexity index is 744. The smallest absolute Gasteiger partial charge is 0.0346 e. The highest BCUT2D eigenvalue weighted by Gasteiger charge is 2.08. The molecule has 1 atom stereocenters. The van der Waals surface area contributed by atoms with Crippen molar-refractivity contribution >= 4 is 10.8 Å². The van der Waals surface area contributed by atoms with Crippen molar-refractivity contribution in [2.24, 2.45) is 0 Å². The lowest BCUT2D eigenvalue weighted by Gasteiger charge is -2.17. The summed E-state index contributed by atoms with van der Waals surface area (Å²) in [6.45, 7) is 5.24. The topological polar surface area (TPSA) is 24.9 Å². The summed E-state index contributed by atoms with van der Waals surface area (Å²) in [5.41, 5.74) is 4.01. The predicted octanol–water partition coefficient (Wildman–Crippen LogP) is 4.39. The van der Waals surface area contributed by atoms with Crippen LogP contribution in [0.15, 0.2) is 60.9 Å². The van der Waals surface area contributed by atoms with Crippen molar-refractivity contribution in [1.29, 1.82) is 0 Å². The van der Waals surface area contributed by atoms with E-state index in [0.717, 1.165) is 6.54 Å². The Labute approximate surface area is 125 Å². The van der Waals surface area contributed by atoms with Gasteiger partial charge in [0, 0.05) is 30.4 Å². The molecule has 0 radical (unpaired) electrons. The first-order chi connectivity index (χ1) is 10.3. The fourth-order valence-electron chi connectivity index (χ4n) is 2.79. The molecule has 3 rings (SSSR count). The fourth-order valence-corrected chi connectivity index (χ4v) is 2.79. The van der Waals surface area contributed by atoms with Crippen LogP contribution < -0.4 is 5.32 Å². The monoisotopic (exact) mass is 276 g/mol. The van der Waals surface area contributed by atoms with E-state index in [1.54, 1.807) is 0 Å². The van der Waals surface area contributed by atoms with E-state index in [1.807, 2.05) is 12.4 Å². The van der Waals surface area contributed by atoms with Gasteiger partial charge in [-0.15, -0.1) is 0 Å². The first kappa shape index (κ1) is 13.8. The van der Waals surface area contributed by atoms with Crippen LogP contribution in [0.2, 0.25) is 0 Å². The maximum absolute atomic E-state index is 4.19. The maximum Gasteiger partial charge on any atom is 0.0346 e. The number of aryl methyl sites for hydroxylation is 1. The van der Waals surface area contributed by atoms with Crippen molar-refractivity contribution in [3.63, 3.8) is 0 Å². The highest BCUT2D eigenvalue weighted by atomic mass is 14.9. The van der Waals surface area contributed by atoms with Gasteiger partial charge in [-0.3, -0.25) is 4.98 Å². The third kappa shape index (κ3) is 2.96. The van der Waals surface area contributed by atoms with Gasteiger partial charge in [-0.25, -0.2) is 0 Å². The Morgan fingerprint density at radius 2 is 1.90 bits per heavy atom. The molecular weight excluding hydrogens is 256 g/mol. The number of aromatic nitrogens is 1. The first-order valence-corrected chi connectivity index (χ1v) is 7.36. The van der Waals surface area contributed by atoms with Crippen LogP contribution in [-0.2, 0) is 6.54 Å². The average molecular weight is 276 g/mol. The number of rotatable bonds is 4. The minimum atomic E-state index is 0.336. The number of fused-ring (bicyclic) bond motifs is 1. The van der Waals surface area contributed by atoms with E-state index >= 15 is 0 Å². The van der Waals surface area contributed by atoms with Gasteiger partial charge in [0.1, 0.15) is 0 Å². The van der Waals surface area contributed by atoms with Crippen LogP contribution in [0.1, 0.15) is 29.7 Å². The summed E-state index contributed by atoms with van der Waals surface area (Å²) in [7, 11) is 0. The van der Waals surface area contributed by atoms with Crippen molar-refractivity contribution in [3.05, 3.63) is 77.6 Å². The largest absolute Gasteiger partial charge is 0.306 e. The summed E-state index contributed by atoms with van der Waals surface area (Å²) in [4.78, 5) is 4.19. The number of hydrogen-bond donors (Lipinski definition) is 1. The van der Waals surface area contributed by atoms with Crippen LogP contribution >= 0.6 is 0 Å². The van der Waals surface area contributed by atoms with Gasteiger partial charge < -0.3 is 5.32 Å². The fraction of sp³-hybridized carbons (Fsp3) is 0.211. The van der Waals surface area contributed by atoms with Gasteiger partial charge in [-0.1, -0.05) is 42.5 Å². The Hall–Kier alpha value is -2.19. The van der Waals surface area contributed by atoms with Gasteiger partial charge in [0.2, 0.25) is 0 Å². The normalized spacial score (nSPS) is 12.5. The molecule has 0 aliphatic carbocycles. The second-order valence-electron chi connectivity index (χ2n) is 5.47. The third-order valence-corrected chi connectivity index (χ3v) is 4.02.